The van der Waals surface area contributed by atoms with Gasteiger partial charge >= 0.3 is 0 Å². The molecule has 1 aliphatic rings. The Morgan fingerprint density at radius 3 is 2.47 bits per heavy atom. The van der Waals surface area contributed by atoms with Gasteiger partial charge < -0.3 is 10.4 Å². The second-order valence-electron chi connectivity index (χ2n) is 4.68. The molecule has 0 heterocycles. The summed E-state index contributed by atoms with van der Waals surface area (Å²) in [5.41, 5.74) is -1.01. The Morgan fingerprint density at radius 2 is 2.00 bits per heavy atom. The number of rotatable bonds is 4. The van der Waals surface area contributed by atoms with Gasteiger partial charge in [0.05, 0.1) is 23.2 Å². The number of nitro benzene ring substituents is 1. The third kappa shape index (κ3) is 2.98. The molecule has 0 radical (unpaired) electrons. The van der Waals surface area contributed by atoms with E-state index in [2.05, 4.69) is 5.32 Å². The van der Waals surface area contributed by atoms with Gasteiger partial charge in [0.25, 0.3) is 5.69 Å². The number of hydrogen-bond acceptors (Lipinski definition) is 4. The first-order valence-electron chi connectivity index (χ1n) is 6.04. The Kier molecular flexibility index (Phi) is 3.94. The molecule has 1 aliphatic carbocycles. The van der Waals surface area contributed by atoms with Gasteiger partial charge in [-0.3, -0.25) is 10.1 Å². The monoisotopic (exact) mass is 272 g/mol. The van der Waals surface area contributed by atoms with Crippen molar-refractivity contribution in [1.82, 2.24) is 0 Å². The second-order valence-corrected chi connectivity index (χ2v) is 4.68. The molecule has 0 aromatic heterocycles. The van der Waals surface area contributed by atoms with E-state index in [1.54, 1.807) is 0 Å². The summed E-state index contributed by atoms with van der Waals surface area (Å²) >= 11 is 0. The maximum atomic E-state index is 13.6. The predicted molar refractivity (Wildman–Crippen MR) is 64.8 cm³/mol. The van der Waals surface area contributed by atoms with Crippen molar-refractivity contribution >= 4 is 11.4 Å². The zero-order valence-corrected chi connectivity index (χ0v) is 10.1. The van der Waals surface area contributed by atoms with E-state index in [-0.39, 0.29) is 18.2 Å². The molecule has 104 valence electrons. The molecule has 0 bridgehead atoms. The maximum absolute atomic E-state index is 13.6. The fourth-order valence-corrected chi connectivity index (χ4v) is 2.32. The average Bonchev–Trinajstić information content (AvgIpc) is 2.73. The summed E-state index contributed by atoms with van der Waals surface area (Å²) in [6, 6.07) is 1.35. The van der Waals surface area contributed by atoms with Crippen molar-refractivity contribution in [2.75, 3.05) is 11.9 Å². The van der Waals surface area contributed by atoms with Gasteiger partial charge in [-0.15, -0.1) is 0 Å². The Hall–Kier alpha value is -1.76. The molecule has 0 saturated heterocycles. The van der Waals surface area contributed by atoms with Crippen LogP contribution in [0.1, 0.15) is 19.3 Å². The van der Waals surface area contributed by atoms with Gasteiger partial charge in [0.2, 0.25) is 0 Å². The van der Waals surface area contributed by atoms with E-state index in [9.17, 15) is 24.0 Å². The van der Waals surface area contributed by atoms with E-state index in [1.165, 1.54) is 0 Å². The molecule has 2 atom stereocenters. The fourth-order valence-electron chi connectivity index (χ4n) is 2.32. The predicted octanol–water partition coefficient (Wildman–Crippen LogP) is 2.45. The summed E-state index contributed by atoms with van der Waals surface area (Å²) in [6.07, 6.45) is 1.91. The third-order valence-corrected chi connectivity index (χ3v) is 3.40. The van der Waals surface area contributed by atoms with Crippen LogP contribution in [0.15, 0.2) is 12.1 Å². The van der Waals surface area contributed by atoms with Gasteiger partial charge in [-0.1, -0.05) is 6.42 Å². The largest absolute Gasteiger partial charge is 0.393 e. The van der Waals surface area contributed by atoms with E-state index in [0.29, 0.717) is 18.6 Å². The molecular formula is C12H14F2N2O3. The molecule has 5 nitrogen and oxygen atoms in total. The number of nitro groups is 1. The molecule has 19 heavy (non-hydrogen) atoms. The molecule has 0 amide bonds. The van der Waals surface area contributed by atoms with Crippen LogP contribution in [0.25, 0.3) is 0 Å². The lowest BCUT2D eigenvalue weighted by Gasteiger charge is -2.16. The van der Waals surface area contributed by atoms with Gasteiger partial charge in [0.1, 0.15) is 5.69 Å². The zero-order chi connectivity index (χ0) is 14.0. The Bertz CT molecular complexity index is 473. The topological polar surface area (TPSA) is 75.4 Å². The highest BCUT2D eigenvalue weighted by Crippen LogP contribution is 2.28. The van der Waals surface area contributed by atoms with Gasteiger partial charge in [-0.25, -0.2) is 8.78 Å². The zero-order valence-electron chi connectivity index (χ0n) is 10.1. The Morgan fingerprint density at radius 1 is 1.37 bits per heavy atom. The highest BCUT2D eigenvalue weighted by Gasteiger charge is 2.26. The third-order valence-electron chi connectivity index (χ3n) is 3.40. The highest BCUT2D eigenvalue weighted by atomic mass is 19.1. The molecule has 2 rings (SSSR count). The first-order valence-corrected chi connectivity index (χ1v) is 6.04. The maximum Gasteiger partial charge on any atom is 0.275 e. The normalized spacial score (nSPS) is 22.5. The van der Waals surface area contributed by atoms with Crippen LogP contribution in [0.2, 0.25) is 0 Å². The fraction of sp³-hybridized carbons (Fsp3) is 0.500. The minimum atomic E-state index is -1.00. The lowest BCUT2D eigenvalue weighted by atomic mass is 10.1. The molecule has 1 saturated carbocycles. The van der Waals surface area contributed by atoms with Crippen LogP contribution in [-0.4, -0.2) is 22.7 Å². The lowest BCUT2D eigenvalue weighted by Crippen LogP contribution is -2.22. The summed E-state index contributed by atoms with van der Waals surface area (Å²) in [5.74, 6) is -2.05. The number of non-ortho nitro benzene ring substituents is 1. The molecule has 2 N–H and O–H groups in total. The molecule has 0 aliphatic heterocycles. The number of anilines is 1. The van der Waals surface area contributed by atoms with Gasteiger partial charge in [0, 0.05) is 12.5 Å². The number of aliphatic hydroxyl groups excluding tert-OH is 1. The minimum absolute atomic E-state index is 0.0472. The quantitative estimate of drug-likeness (QED) is 0.652. The van der Waals surface area contributed by atoms with E-state index < -0.39 is 28.3 Å². The van der Waals surface area contributed by atoms with Gasteiger partial charge in [0.15, 0.2) is 11.6 Å². The van der Waals surface area contributed by atoms with E-state index in [1.807, 2.05) is 0 Å². The summed E-state index contributed by atoms with van der Waals surface area (Å²) in [4.78, 5) is 9.59. The SMILES string of the molecule is O=[N+]([O-])c1cc(F)c(NCC2CCCC2O)c(F)c1. The molecule has 2 unspecified atom stereocenters. The number of nitrogens with one attached hydrogen (secondary N) is 1. The van der Waals surface area contributed by atoms with Crippen LogP contribution >= 0.6 is 0 Å². The van der Waals surface area contributed by atoms with Crippen molar-refractivity contribution in [3.05, 3.63) is 33.9 Å². The van der Waals surface area contributed by atoms with Gasteiger partial charge in [-0.2, -0.15) is 0 Å². The van der Waals surface area contributed by atoms with Crippen molar-refractivity contribution in [2.45, 2.75) is 25.4 Å². The summed E-state index contributed by atoms with van der Waals surface area (Å²) in [5, 5.41) is 22.6. The van der Waals surface area contributed by atoms with E-state index in [4.69, 9.17) is 0 Å². The van der Waals surface area contributed by atoms with Crippen molar-refractivity contribution < 1.29 is 18.8 Å². The molecule has 1 aromatic rings. The molecule has 1 fully saturated rings. The van der Waals surface area contributed by atoms with Crippen LogP contribution < -0.4 is 5.32 Å². The number of hydrogen-bond donors (Lipinski definition) is 2. The first kappa shape index (κ1) is 13.7. The number of halogens is 2. The molecule has 1 aromatic carbocycles. The number of nitrogens with zero attached hydrogens (tertiary/aromatic N) is 1. The number of benzene rings is 1. The van der Waals surface area contributed by atoms with Crippen molar-refractivity contribution in [3.63, 3.8) is 0 Å². The minimum Gasteiger partial charge on any atom is -0.393 e. The summed E-state index contributed by atoms with van der Waals surface area (Å²) in [6.45, 7) is 0.243. The molecule has 0 spiro atoms. The van der Waals surface area contributed by atoms with Crippen LogP contribution in [0.4, 0.5) is 20.2 Å². The van der Waals surface area contributed by atoms with Crippen LogP contribution in [0.3, 0.4) is 0 Å². The Labute approximate surface area is 108 Å². The van der Waals surface area contributed by atoms with Crippen molar-refractivity contribution in [3.8, 4) is 0 Å². The van der Waals surface area contributed by atoms with Gasteiger partial charge in [-0.05, 0) is 12.8 Å². The van der Waals surface area contributed by atoms with Crippen molar-refractivity contribution in [1.29, 1.82) is 0 Å². The first-order chi connectivity index (χ1) is 8.99. The van der Waals surface area contributed by atoms with Crippen LogP contribution in [0, 0.1) is 27.7 Å². The van der Waals surface area contributed by atoms with Crippen LogP contribution in [0.5, 0.6) is 0 Å². The Balaban J connectivity index is 2.10. The van der Waals surface area contributed by atoms with Crippen molar-refractivity contribution in [2.24, 2.45) is 5.92 Å². The lowest BCUT2D eigenvalue weighted by molar-refractivity contribution is -0.385. The number of aliphatic hydroxyl groups is 1. The molecule has 7 heteroatoms. The highest BCUT2D eigenvalue weighted by molar-refractivity contribution is 5.51. The molecular weight excluding hydrogens is 258 g/mol. The van der Waals surface area contributed by atoms with E-state index >= 15 is 0 Å². The second kappa shape index (κ2) is 5.48. The standard InChI is InChI=1S/C12H14F2N2O3/c13-9-4-8(16(18)19)5-10(14)12(9)15-6-7-2-1-3-11(7)17/h4-5,7,11,15,17H,1-3,6H2. The van der Waals surface area contributed by atoms with E-state index in [0.717, 1.165) is 12.8 Å². The summed E-state index contributed by atoms with van der Waals surface area (Å²) in [7, 11) is 0. The average molecular weight is 272 g/mol. The van der Waals surface area contributed by atoms with Crippen LogP contribution in [-0.2, 0) is 0 Å². The summed E-state index contributed by atoms with van der Waals surface area (Å²) < 4.78 is 27.1. The smallest absolute Gasteiger partial charge is 0.275 e.